The van der Waals surface area contributed by atoms with Gasteiger partial charge in [-0.25, -0.2) is 0 Å². The minimum absolute atomic E-state index is 0.178. The summed E-state index contributed by atoms with van der Waals surface area (Å²) in [7, 11) is 0. The van der Waals surface area contributed by atoms with E-state index in [4.69, 9.17) is 0 Å². The minimum atomic E-state index is -0.281. The zero-order valence-corrected chi connectivity index (χ0v) is 12.8. The molecule has 0 heterocycles. The third kappa shape index (κ3) is 8.05. The molecule has 0 amide bonds. The number of rotatable bonds is 6. The topological polar surface area (TPSA) is 17.1 Å². The van der Waals surface area contributed by atoms with Crippen LogP contribution in [0.4, 0.5) is 0 Å². The van der Waals surface area contributed by atoms with Gasteiger partial charge < -0.3 is 0 Å². The highest BCUT2D eigenvalue weighted by atomic mass is 16.1. The lowest BCUT2D eigenvalue weighted by atomic mass is 9.90. The molecule has 0 aromatic rings. The Bertz CT molecular complexity index is 348. The molecule has 0 aliphatic carbocycles. The molecule has 0 aromatic carbocycles. The van der Waals surface area contributed by atoms with E-state index in [1.807, 2.05) is 33.8 Å². The Hall–Kier alpha value is -1.11. The van der Waals surface area contributed by atoms with Crippen molar-refractivity contribution in [1.29, 1.82) is 0 Å². The van der Waals surface area contributed by atoms with Crippen molar-refractivity contribution in [2.75, 3.05) is 0 Å². The number of carbonyl (C=O) groups is 1. The first kappa shape index (κ1) is 16.9. The molecular weight excluding hydrogens is 220 g/mol. The van der Waals surface area contributed by atoms with Crippen molar-refractivity contribution in [3.8, 4) is 0 Å². The molecule has 18 heavy (non-hydrogen) atoms. The van der Waals surface area contributed by atoms with Crippen LogP contribution in [0.3, 0.4) is 0 Å². The number of ketones is 1. The van der Waals surface area contributed by atoms with Crippen molar-refractivity contribution >= 4 is 5.78 Å². The van der Waals surface area contributed by atoms with E-state index in [2.05, 4.69) is 26.0 Å². The van der Waals surface area contributed by atoms with Gasteiger partial charge in [-0.3, -0.25) is 4.79 Å². The van der Waals surface area contributed by atoms with Gasteiger partial charge in [-0.05, 0) is 39.2 Å². The van der Waals surface area contributed by atoms with Crippen LogP contribution >= 0.6 is 0 Å². The maximum Gasteiger partial charge on any atom is 0.160 e. The molecule has 0 aliphatic rings. The summed E-state index contributed by atoms with van der Waals surface area (Å²) in [5.41, 5.74) is 2.32. The van der Waals surface area contributed by atoms with Crippen molar-refractivity contribution in [3.05, 3.63) is 35.5 Å². The molecule has 0 unspecified atom stereocenters. The average Bonchev–Trinajstić information content (AvgIpc) is 2.24. The molecule has 0 radical (unpaired) electrons. The predicted molar refractivity (Wildman–Crippen MR) is 80.6 cm³/mol. The van der Waals surface area contributed by atoms with Gasteiger partial charge in [0.25, 0.3) is 0 Å². The van der Waals surface area contributed by atoms with Gasteiger partial charge in [0.05, 0.1) is 0 Å². The van der Waals surface area contributed by atoms with E-state index in [0.29, 0.717) is 0 Å². The first-order valence-corrected chi connectivity index (χ1v) is 6.82. The fraction of sp³-hybridized carbons (Fsp3) is 0.588. The minimum Gasteiger partial charge on any atom is -0.294 e. The monoisotopic (exact) mass is 248 g/mol. The third-order valence-corrected chi connectivity index (χ3v) is 2.79. The van der Waals surface area contributed by atoms with Crippen LogP contribution in [-0.4, -0.2) is 5.78 Å². The van der Waals surface area contributed by atoms with Gasteiger partial charge in [-0.15, -0.1) is 0 Å². The highest BCUT2D eigenvalue weighted by molar-refractivity contribution is 5.94. The van der Waals surface area contributed by atoms with Gasteiger partial charge in [0.15, 0.2) is 5.78 Å². The molecule has 0 bridgehead atoms. The normalized spacial score (nSPS) is 14.3. The molecular formula is C17H28O. The average molecular weight is 248 g/mol. The Kier molecular flexibility index (Phi) is 7.58. The van der Waals surface area contributed by atoms with Gasteiger partial charge in [-0.1, -0.05) is 57.1 Å². The summed E-state index contributed by atoms with van der Waals surface area (Å²) >= 11 is 0. The highest BCUT2D eigenvalue weighted by Crippen LogP contribution is 2.15. The third-order valence-electron chi connectivity index (χ3n) is 2.79. The molecule has 102 valence electrons. The maximum absolute atomic E-state index is 11.7. The van der Waals surface area contributed by atoms with E-state index in [0.717, 1.165) is 24.8 Å². The van der Waals surface area contributed by atoms with Crippen LogP contribution in [0.5, 0.6) is 0 Å². The van der Waals surface area contributed by atoms with Gasteiger partial charge in [0.1, 0.15) is 0 Å². The van der Waals surface area contributed by atoms with E-state index in [1.54, 1.807) is 6.08 Å². The summed E-state index contributed by atoms with van der Waals surface area (Å²) in [6, 6.07) is 0. The van der Waals surface area contributed by atoms with Crippen LogP contribution in [0.1, 0.15) is 60.8 Å². The Balaban J connectivity index is 4.25. The first-order chi connectivity index (χ1) is 8.27. The Labute approximate surface area is 113 Å². The number of hydrogen-bond acceptors (Lipinski definition) is 1. The van der Waals surface area contributed by atoms with Gasteiger partial charge in [0.2, 0.25) is 0 Å². The number of allylic oxidation sites excluding steroid dienone is 6. The fourth-order valence-electron chi connectivity index (χ4n) is 1.50. The summed E-state index contributed by atoms with van der Waals surface area (Å²) < 4.78 is 0. The van der Waals surface area contributed by atoms with Crippen molar-refractivity contribution in [2.45, 2.75) is 60.8 Å². The molecule has 0 atom stereocenters. The Morgan fingerprint density at radius 3 is 2.17 bits per heavy atom. The SMILES string of the molecule is CC/C=C(\C)CC/C=C(C)/C=C/C(=O)C(C)(C)C. The van der Waals surface area contributed by atoms with Crippen LogP contribution in [0, 0.1) is 5.41 Å². The lowest BCUT2D eigenvalue weighted by Gasteiger charge is -2.12. The lowest BCUT2D eigenvalue weighted by Crippen LogP contribution is -2.17. The van der Waals surface area contributed by atoms with Gasteiger partial charge in [-0.2, -0.15) is 0 Å². The van der Waals surface area contributed by atoms with E-state index in [9.17, 15) is 4.79 Å². The lowest BCUT2D eigenvalue weighted by molar-refractivity contribution is -0.121. The molecule has 0 aliphatic heterocycles. The molecule has 0 fully saturated rings. The zero-order valence-electron chi connectivity index (χ0n) is 12.8. The molecule has 1 nitrogen and oxygen atoms in total. The summed E-state index contributed by atoms with van der Waals surface area (Å²) in [5, 5.41) is 0. The summed E-state index contributed by atoms with van der Waals surface area (Å²) in [6.07, 6.45) is 11.3. The summed E-state index contributed by atoms with van der Waals surface area (Å²) in [5.74, 6) is 0.178. The molecule has 0 N–H and O–H groups in total. The van der Waals surface area contributed by atoms with Crippen molar-refractivity contribution in [1.82, 2.24) is 0 Å². The van der Waals surface area contributed by atoms with Crippen molar-refractivity contribution < 1.29 is 4.79 Å². The molecule has 0 saturated heterocycles. The molecule has 0 spiro atoms. The predicted octanol–water partition coefficient (Wildman–Crippen LogP) is 5.24. The number of carbonyl (C=O) groups excluding carboxylic acids is 1. The van der Waals surface area contributed by atoms with E-state index in [-0.39, 0.29) is 11.2 Å². The highest BCUT2D eigenvalue weighted by Gasteiger charge is 2.17. The summed E-state index contributed by atoms with van der Waals surface area (Å²) in [4.78, 5) is 11.7. The van der Waals surface area contributed by atoms with Crippen LogP contribution in [0.15, 0.2) is 35.5 Å². The maximum atomic E-state index is 11.7. The summed E-state index contributed by atoms with van der Waals surface area (Å²) in [6.45, 7) is 12.2. The molecule has 0 saturated carbocycles. The van der Waals surface area contributed by atoms with Gasteiger partial charge >= 0.3 is 0 Å². The Morgan fingerprint density at radius 1 is 1.06 bits per heavy atom. The van der Waals surface area contributed by atoms with E-state index < -0.39 is 0 Å². The number of hydrogen-bond donors (Lipinski definition) is 0. The quantitative estimate of drug-likeness (QED) is 0.357. The van der Waals surface area contributed by atoms with Crippen molar-refractivity contribution in [3.63, 3.8) is 0 Å². The molecule has 0 rings (SSSR count). The largest absolute Gasteiger partial charge is 0.294 e. The van der Waals surface area contributed by atoms with Crippen molar-refractivity contribution in [2.24, 2.45) is 5.41 Å². The first-order valence-electron chi connectivity index (χ1n) is 6.82. The standard InChI is InChI=1S/C17H28O/c1-7-9-14(2)10-8-11-15(3)12-13-16(18)17(4,5)6/h9,11-13H,7-8,10H2,1-6H3/b13-12+,14-9+,15-11+. The second-order valence-electron chi connectivity index (χ2n) is 5.89. The van der Waals surface area contributed by atoms with Crippen LogP contribution in [0.25, 0.3) is 0 Å². The smallest absolute Gasteiger partial charge is 0.160 e. The van der Waals surface area contributed by atoms with Crippen LogP contribution < -0.4 is 0 Å². The van der Waals surface area contributed by atoms with Crippen LogP contribution in [0.2, 0.25) is 0 Å². The molecule has 0 aromatic heterocycles. The van der Waals surface area contributed by atoms with Gasteiger partial charge in [0, 0.05) is 5.41 Å². The zero-order chi connectivity index (χ0) is 14.2. The van der Waals surface area contributed by atoms with E-state index >= 15 is 0 Å². The second-order valence-corrected chi connectivity index (χ2v) is 5.89. The fourth-order valence-corrected chi connectivity index (χ4v) is 1.50. The van der Waals surface area contributed by atoms with Crippen LogP contribution in [-0.2, 0) is 4.79 Å². The van der Waals surface area contributed by atoms with E-state index in [1.165, 1.54) is 5.57 Å². The Morgan fingerprint density at radius 2 is 1.67 bits per heavy atom. The second kappa shape index (κ2) is 8.07. The molecule has 1 heteroatoms.